The highest BCUT2D eigenvalue weighted by atomic mass is 19.1. The molecule has 0 atom stereocenters. The van der Waals surface area contributed by atoms with E-state index < -0.39 is 17.1 Å². The van der Waals surface area contributed by atoms with Gasteiger partial charge in [0.2, 0.25) is 0 Å². The van der Waals surface area contributed by atoms with Gasteiger partial charge in [-0.05, 0) is 18.6 Å². The molecule has 1 N–H and O–H groups in total. The number of aryl methyl sites for hydroxylation is 1. The van der Waals surface area contributed by atoms with Crippen molar-refractivity contribution in [2.24, 2.45) is 0 Å². The summed E-state index contributed by atoms with van der Waals surface area (Å²) in [5.41, 5.74) is -0.148. The van der Waals surface area contributed by atoms with Gasteiger partial charge in [0.1, 0.15) is 11.6 Å². The first-order valence-electron chi connectivity index (χ1n) is 5.04. The van der Waals surface area contributed by atoms with Crippen molar-refractivity contribution in [3.05, 3.63) is 45.2 Å². The number of ether oxygens (including phenoxy) is 1. The van der Waals surface area contributed by atoms with Gasteiger partial charge in [0.15, 0.2) is 5.43 Å². The summed E-state index contributed by atoms with van der Waals surface area (Å²) in [5, 5.41) is -0.248. The van der Waals surface area contributed by atoms with E-state index in [1.807, 2.05) is 0 Å². The predicted octanol–water partition coefficient (Wildman–Crippen LogP) is 2.26. The number of fused-ring (bicyclic) bond motifs is 1. The van der Waals surface area contributed by atoms with Gasteiger partial charge in [0.25, 0.3) is 0 Å². The molecule has 0 saturated heterocycles. The van der Waals surface area contributed by atoms with E-state index in [4.69, 9.17) is 4.74 Å². The van der Waals surface area contributed by atoms with E-state index in [0.717, 1.165) is 6.07 Å². The molecule has 0 aliphatic heterocycles. The molecule has 2 aromatic rings. The Morgan fingerprint density at radius 3 is 2.71 bits per heavy atom. The highest BCUT2D eigenvalue weighted by molar-refractivity contribution is 5.80. The van der Waals surface area contributed by atoms with Crippen LogP contribution in [0.1, 0.15) is 11.3 Å². The minimum atomic E-state index is -0.688. The van der Waals surface area contributed by atoms with Crippen LogP contribution in [0.4, 0.5) is 8.78 Å². The summed E-state index contributed by atoms with van der Waals surface area (Å²) in [6.07, 6.45) is 0. The molecule has 1 heterocycles. The third-order valence-corrected chi connectivity index (χ3v) is 2.53. The van der Waals surface area contributed by atoms with Gasteiger partial charge in [0.05, 0.1) is 17.5 Å². The van der Waals surface area contributed by atoms with Crippen LogP contribution in [0, 0.1) is 18.6 Å². The van der Waals surface area contributed by atoms with Crippen molar-refractivity contribution in [1.29, 1.82) is 0 Å². The number of methoxy groups -OCH3 is 1. The Morgan fingerprint density at radius 2 is 2.06 bits per heavy atom. The van der Waals surface area contributed by atoms with Gasteiger partial charge < -0.3 is 9.72 Å². The standard InChI is InChI=1S/C12H11F2NO2/c1-6-3-8(13)12-10(11(6)14)9(16)4-7(15-12)5-17-2/h3-4H,5H2,1-2H3,(H,15,16). The van der Waals surface area contributed by atoms with Crippen LogP contribution in [0.5, 0.6) is 0 Å². The summed E-state index contributed by atoms with van der Waals surface area (Å²) in [6.45, 7) is 1.56. The van der Waals surface area contributed by atoms with Crippen LogP contribution in [0.3, 0.4) is 0 Å². The van der Waals surface area contributed by atoms with Crippen LogP contribution in [-0.2, 0) is 11.3 Å². The Labute approximate surface area is 96.0 Å². The van der Waals surface area contributed by atoms with E-state index in [1.54, 1.807) is 0 Å². The van der Waals surface area contributed by atoms with Crippen molar-refractivity contribution in [2.45, 2.75) is 13.5 Å². The molecule has 3 nitrogen and oxygen atoms in total. The third-order valence-electron chi connectivity index (χ3n) is 2.53. The van der Waals surface area contributed by atoms with Crippen LogP contribution < -0.4 is 5.43 Å². The quantitative estimate of drug-likeness (QED) is 0.873. The number of aromatic amines is 1. The van der Waals surface area contributed by atoms with Crippen LogP contribution in [0.2, 0.25) is 0 Å². The number of nitrogens with one attached hydrogen (secondary N) is 1. The Hall–Kier alpha value is -1.75. The molecule has 5 heteroatoms. The molecule has 1 aromatic carbocycles. The topological polar surface area (TPSA) is 42.1 Å². The number of pyridine rings is 1. The van der Waals surface area contributed by atoms with Crippen molar-refractivity contribution >= 4 is 10.9 Å². The lowest BCUT2D eigenvalue weighted by molar-refractivity contribution is 0.181. The van der Waals surface area contributed by atoms with Crippen molar-refractivity contribution in [3.8, 4) is 0 Å². The number of hydrogen-bond acceptors (Lipinski definition) is 2. The van der Waals surface area contributed by atoms with Gasteiger partial charge in [-0.15, -0.1) is 0 Å². The van der Waals surface area contributed by atoms with Crippen LogP contribution in [0.15, 0.2) is 16.9 Å². The second kappa shape index (κ2) is 4.25. The average Bonchev–Trinajstić information content (AvgIpc) is 2.26. The summed E-state index contributed by atoms with van der Waals surface area (Å²) in [7, 11) is 1.45. The minimum Gasteiger partial charge on any atom is -0.378 e. The van der Waals surface area contributed by atoms with Crippen molar-refractivity contribution in [3.63, 3.8) is 0 Å². The number of halogens is 2. The monoisotopic (exact) mass is 239 g/mol. The maximum Gasteiger partial charge on any atom is 0.192 e. The average molecular weight is 239 g/mol. The van der Waals surface area contributed by atoms with Crippen molar-refractivity contribution < 1.29 is 13.5 Å². The van der Waals surface area contributed by atoms with E-state index in [9.17, 15) is 13.6 Å². The lowest BCUT2D eigenvalue weighted by atomic mass is 10.1. The Kier molecular flexibility index (Phi) is 2.93. The first-order valence-corrected chi connectivity index (χ1v) is 5.04. The fourth-order valence-electron chi connectivity index (χ4n) is 1.77. The van der Waals surface area contributed by atoms with E-state index in [0.29, 0.717) is 5.69 Å². The first-order chi connectivity index (χ1) is 8.04. The lowest BCUT2D eigenvalue weighted by Crippen LogP contribution is -2.09. The molecule has 0 fully saturated rings. The summed E-state index contributed by atoms with van der Waals surface area (Å²) in [6, 6.07) is 2.28. The largest absolute Gasteiger partial charge is 0.378 e. The number of rotatable bonds is 2. The van der Waals surface area contributed by atoms with Crippen molar-refractivity contribution in [1.82, 2.24) is 4.98 Å². The molecule has 90 valence electrons. The van der Waals surface area contributed by atoms with E-state index in [2.05, 4.69) is 4.98 Å². The molecule has 0 radical (unpaired) electrons. The fourth-order valence-corrected chi connectivity index (χ4v) is 1.77. The molecule has 0 amide bonds. The maximum atomic E-state index is 13.7. The Morgan fingerprint density at radius 1 is 1.35 bits per heavy atom. The van der Waals surface area contributed by atoms with E-state index >= 15 is 0 Å². The lowest BCUT2D eigenvalue weighted by Gasteiger charge is -2.06. The second-order valence-electron chi connectivity index (χ2n) is 3.83. The third kappa shape index (κ3) is 1.93. The zero-order valence-corrected chi connectivity index (χ0v) is 9.43. The number of H-pyrrole nitrogens is 1. The van der Waals surface area contributed by atoms with Gasteiger partial charge >= 0.3 is 0 Å². The summed E-state index contributed by atoms with van der Waals surface area (Å²) >= 11 is 0. The van der Waals surface area contributed by atoms with Crippen molar-refractivity contribution in [2.75, 3.05) is 7.11 Å². The predicted molar refractivity (Wildman–Crippen MR) is 59.9 cm³/mol. The van der Waals surface area contributed by atoms with Gasteiger partial charge in [-0.25, -0.2) is 8.78 Å². The van der Waals surface area contributed by atoms with Gasteiger partial charge in [-0.2, -0.15) is 0 Å². The first kappa shape index (κ1) is 11.7. The zero-order valence-electron chi connectivity index (χ0n) is 9.43. The second-order valence-corrected chi connectivity index (χ2v) is 3.83. The summed E-state index contributed by atoms with van der Waals surface area (Å²) in [5.74, 6) is -1.33. The van der Waals surface area contributed by atoms with Crippen LogP contribution in [-0.4, -0.2) is 12.1 Å². The normalized spacial score (nSPS) is 11.1. The van der Waals surface area contributed by atoms with Crippen LogP contribution >= 0.6 is 0 Å². The molecule has 0 bridgehead atoms. The Balaban J connectivity index is 2.86. The van der Waals surface area contributed by atoms with Crippen LogP contribution in [0.25, 0.3) is 10.9 Å². The SMILES string of the molecule is COCc1cc(=O)c2c(F)c(C)cc(F)c2[nH]1. The fraction of sp³-hybridized carbons (Fsp3) is 0.250. The molecule has 0 spiro atoms. The number of benzene rings is 1. The molecule has 0 aliphatic carbocycles. The van der Waals surface area contributed by atoms with E-state index in [-0.39, 0.29) is 23.1 Å². The molecule has 17 heavy (non-hydrogen) atoms. The van der Waals surface area contributed by atoms with Gasteiger partial charge in [-0.3, -0.25) is 4.79 Å². The molecule has 2 rings (SSSR count). The summed E-state index contributed by atoms with van der Waals surface area (Å²) in [4.78, 5) is 14.4. The molecule has 0 unspecified atom stereocenters. The van der Waals surface area contributed by atoms with Gasteiger partial charge in [0, 0.05) is 18.9 Å². The molecular weight excluding hydrogens is 228 g/mol. The highest BCUT2D eigenvalue weighted by Gasteiger charge is 2.14. The molecule has 0 aliphatic rings. The Bertz CT molecular complexity index is 634. The van der Waals surface area contributed by atoms with E-state index in [1.165, 1.54) is 20.1 Å². The molecule has 0 saturated carbocycles. The van der Waals surface area contributed by atoms with Gasteiger partial charge in [-0.1, -0.05) is 0 Å². The highest BCUT2D eigenvalue weighted by Crippen LogP contribution is 2.20. The zero-order chi connectivity index (χ0) is 12.6. The molecule has 1 aromatic heterocycles. The number of aromatic nitrogens is 1. The minimum absolute atomic E-state index is 0.111. The maximum absolute atomic E-state index is 13.7. The number of hydrogen-bond donors (Lipinski definition) is 1. The smallest absolute Gasteiger partial charge is 0.192 e. The molecular formula is C12H11F2NO2. The summed E-state index contributed by atoms with van der Waals surface area (Å²) < 4.78 is 32.2.